The van der Waals surface area contributed by atoms with Crippen LogP contribution in [0.5, 0.6) is 0 Å². The van der Waals surface area contributed by atoms with Crippen molar-refractivity contribution in [1.29, 1.82) is 0 Å². The van der Waals surface area contributed by atoms with Crippen LogP contribution < -0.4 is 0 Å². The van der Waals surface area contributed by atoms with E-state index in [-0.39, 0.29) is 17.9 Å². The molecule has 1 heterocycles. The third-order valence-electron chi connectivity index (χ3n) is 5.19. The summed E-state index contributed by atoms with van der Waals surface area (Å²) in [5, 5.41) is 19.2. The number of nitrogens with zero attached hydrogens (tertiary/aromatic N) is 1. The summed E-state index contributed by atoms with van der Waals surface area (Å²) in [5.74, 6) is -0.740. The average molecular weight is 394 g/mol. The van der Waals surface area contributed by atoms with Crippen LogP contribution in [0.2, 0.25) is 0 Å². The van der Waals surface area contributed by atoms with Crippen molar-refractivity contribution < 1.29 is 15.0 Å². The van der Waals surface area contributed by atoms with Crippen LogP contribution in [0, 0.1) is 6.92 Å². The minimum absolute atomic E-state index is 0.141. The maximum absolute atomic E-state index is 10.5. The van der Waals surface area contributed by atoms with Gasteiger partial charge in [0.2, 0.25) is 0 Å². The molecule has 0 saturated carbocycles. The summed E-state index contributed by atoms with van der Waals surface area (Å²) in [5.41, 5.74) is 2.40. The Bertz CT molecular complexity index is 619. The van der Waals surface area contributed by atoms with Gasteiger partial charge in [0.15, 0.2) is 0 Å². The molecule has 1 fully saturated rings. The minimum atomic E-state index is -0.740. The highest BCUT2D eigenvalue weighted by molar-refractivity contribution is 6.21. The van der Waals surface area contributed by atoms with Gasteiger partial charge in [-0.15, -0.1) is 11.6 Å². The Labute approximate surface area is 167 Å². The van der Waals surface area contributed by atoms with Crippen molar-refractivity contribution in [2.45, 2.75) is 69.4 Å². The Morgan fingerprint density at radius 2 is 2.22 bits per heavy atom. The van der Waals surface area contributed by atoms with Gasteiger partial charge in [0.05, 0.1) is 11.5 Å². The largest absolute Gasteiger partial charge is 0.481 e. The number of aliphatic hydroxyl groups excluding tert-OH is 1. The lowest BCUT2D eigenvalue weighted by atomic mass is 10.0. The first-order valence-corrected chi connectivity index (χ1v) is 10.4. The molecule has 0 amide bonds. The summed E-state index contributed by atoms with van der Waals surface area (Å²) in [4.78, 5) is 12.9. The number of carboxylic acid groups (broad SMARTS) is 1. The molecule has 150 valence electrons. The van der Waals surface area contributed by atoms with Gasteiger partial charge in [-0.1, -0.05) is 42.0 Å². The van der Waals surface area contributed by atoms with Gasteiger partial charge in [0.1, 0.15) is 0 Å². The molecule has 0 unspecified atom stereocenters. The van der Waals surface area contributed by atoms with Gasteiger partial charge in [-0.3, -0.25) is 9.69 Å². The van der Waals surface area contributed by atoms with E-state index in [1.54, 1.807) is 0 Å². The van der Waals surface area contributed by atoms with Gasteiger partial charge >= 0.3 is 5.97 Å². The predicted octanol–water partition coefficient (Wildman–Crippen LogP) is 4.17. The summed E-state index contributed by atoms with van der Waals surface area (Å²) in [6, 6.07) is 8.61. The fourth-order valence-electron chi connectivity index (χ4n) is 3.70. The Morgan fingerprint density at radius 3 is 2.96 bits per heavy atom. The fourth-order valence-corrected chi connectivity index (χ4v) is 4.06. The summed E-state index contributed by atoms with van der Waals surface area (Å²) < 4.78 is 0. The molecule has 27 heavy (non-hydrogen) atoms. The van der Waals surface area contributed by atoms with Gasteiger partial charge in [0.25, 0.3) is 0 Å². The number of aliphatic carboxylic acids is 1. The van der Waals surface area contributed by atoms with E-state index >= 15 is 0 Å². The molecule has 1 aromatic rings. The lowest BCUT2D eigenvalue weighted by Crippen LogP contribution is -2.35. The molecule has 1 aliphatic rings. The normalized spacial score (nSPS) is 21.7. The zero-order valence-corrected chi connectivity index (χ0v) is 16.9. The van der Waals surface area contributed by atoms with Crippen LogP contribution in [0.25, 0.3) is 0 Å². The first-order chi connectivity index (χ1) is 13.0. The molecule has 4 nitrogen and oxygen atoms in total. The topological polar surface area (TPSA) is 60.8 Å². The van der Waals surface area contributed by atoms with E-state index in [4.69, 9.17) is 16.7 Å². The zero-order chi connectivity index (χ0) is 19.6. The lowest BCUT2D eigenvalue weighted by Gasteiger charge is -2.26. The van der Waals surface area contributed by atoms with Gasteiger partial charge in [-0.05, 0) is 57.6 Å². The van der Waals surface area contributed by atoms with E-state index in [1.807, 2.05) is 6.07 Å². The smallest absolute Gasteiger partial charge is 0.303 e. The van der Waals surface area contributed by atoms with Gasteiger partial charge in [-0.2, -0.15) is 0 Å². The molecule has 1 saturated heterocycles. The van der Waals surface area contributed by atoms with Crippen LogP contribution in [0.1, 0.15) is 49.7 Å². The molecule has 5 heteroatoms. The molecular weight excluding hydrogens is 362 g/mol. The third-order valence-corrected chi connectivity index (χ3v) is 5.70. The Morgan fingerprint density at radius 1 is 1.41 bits per heavy atom. The summed E-state index contributed by atoms with van der Waals surface area (Å²) in [6.45, 7) is 3.90. The van der Waals surface area contributed by atoms with Crippen LogP contribution in [0.4, 0.5) is 0 Å². The number of alkyl halides is 1. The van der Waals surface area contributed by atoms with Crippen molar-refractivity contribution in [3.63, 3.8) is 0 Å². The second kappa shape index (κ2) is 11.5. The number of aliphatic hydroxyl groups is 1. The maximum atomic E-state index is 10.5. The number of aryl methyl sites for hydroxylation is 1. The van der Waals surface area contributed by atoms with Gasteiger partial charge < -0.3 is 10.2 Å². The standard InChI is InChI=1S/C22H32ClNO3/c1-17-7-6-8-18(15-17)16-19(25)11-13-24-14-12-20(23)21(24)9-4-2-3-5-10-22(26)27/h2,4,6-8,15,19-21,25H,3,5,9-14,16H2,1H3,(H,26,27)/t19-,20+,21-/m0/s1. The first-order valence-electron chi connectivity index (χ1n) is 9.94. The zero-order valence-electron chi connectivity index (χ0n) is 16.2. The fraction of sp³-hybridized carbons (Fsp3) is 0.591. The van der Waals surface area contributed by atoms with Gasteiger partial charge in [-0.25, -0.2) is 0 Å². The third kappa shape index (κ3) is 8.04. The number of carbonyl (C=O) groups is 1. The summed E-state index contributed by atoms with van der Waals surface area (Å²) in [7, 11) is 0. The van der Waals surface area contributed by atoms with Crippen molar-refractivity contribution in [1.82, 2.24) is 4.90 Å². The van der Waals surface area contributed by atoms with E-state index in [2.05, 4.69) is 42.2 Å². The number of likely N-dealkylation sites (tertiary alicyclic amines) is 1. The second-order valence-corrected chi connectivity index (χ2v) is 8.10. The van der Waals surface area contributed by atoms with Crippen LogP contribution in [-0.4, -0.2) is 51.7 Å². The predicted molar refractivity (Wildman–Crippen MR) is 110 cm³/mol. The van der Waals surface area contributed by atoms with E-state index in [9.17, 15) is 9.90 Å². The van der Waals surface area contributed by atoms with E-state index in [0.29, 0.717) is 18.9 Å². The number of benzene rings is 1. The number of unbranched alkanes of at least 4 members (excludes halogenated alkanes) is 1. The van der Waals surface area contributed by atoms with Crippen LogP contribution in [-0.2, 0) is 11.2 Å². The van der Waals surface area contributed by atoms with Crippen molar-refractivity contribution in [3.05, 3.63) is 47.5 Å². The summed E-state index contributed by atoms with van der Waals surface area (Å²) in [6.07, 6.45) is 8.84. The molecule has 1 aliphatic heterocycles. The molecule has 0 radical (unpaired) electrons. The first kappa shape index (κ1) is 21.9. The average Bonchev–Trinajstić information content (AvgIpc) is 2.96. The number of rotatable bonds is 11. The van der Waals surface area contributed by atoms with Crippen LogP contribution in [0.3, 0.4) is 0 Å². The van der Waals surface area contributed by atoms with Gasteiger partial charge in [0, 0.05) is 19.0 Å². The SMILES string of the molecule is Cc1cccc(C[C@@H](O)CCN2CC[C@@H](Cl)[C@@H]2CC=CCCCC(=O)O)c1. The number of hydrogen-bond donors (Lipinski definition) is 2. The molecule has 2 N–H and O–H groups in total. The van der Waals surface area contributed by atoms with E-state index in [0.717, 1.165) is 38.8 Å². The number of hydrogen-bond acceptors (Lipinski definition) is 3. The lowest BCUT2D eigenvalue weighted by molar-refractivity contribution is -0.137. The maximum Gasteiger partial charge on any atom is 0.303 e. The van der Waals surface area contributed by atoms with E-state index < -0.39 is 5.97 Å². The van der Waals surface area contributed by atoms with Crippen molar-refractivity contribution >= 4 is 17.6 Å². The minimum Gasteiger partial charge on any atom is -0.481 e. The Hall–Kier alpha value is -1.36. The molecule has 1 aromatic carbocycles. The highest BCUT2D eigenvalue weighted by atomic mass is 35.5. The second-order valence-electron chi connectivity index (χ2n) is 7.54. The molecule has 0 aromatic heterocycles. The molecule has 0 aliphatic carbocycles. The van der Waals surface area contributed by atoms with Crippen molar-refractivity contribution in [3.8, 4) is 0 Å². The van der Waals surface area contributed by atoms with Crippen LogP contribution >= 0.6 is 11.6 Å². The molecule has 3 atom stereocenters. The highest BCUT2D eigenvalue weighted by Crippen LogP contribution is 2.26. The number of halogens is 1. The molecule has 0 spiro atoms. The number of carboxylic acids is 1. The molecule has 0 bridgehead atoms. The Kier molecular flexibility index (Phi) is 9.32. The van der Waals surface area contributed by atoms with Crippen LogP contribution in [0.15, 0.2) is 36.4 Å². The number of allylic oxidation sites excluding steroid dienone is 1. The summed E-state index contributed by atoms with van der Waals surface area (Å²) >= 11 is 6.50. The van der Waals surface area contributed by atoms with E-state index in [1.165, 1.54) is 11.1 Å². The van der Waals surface area contributed by atoms with Crippen molar-refractivity contribution in [2.75, 3.05) is 13.1 Å². The van der Waals surface area contributed by atoms with Crippen molar-refractivity contribution in [2.24, 2.45) is 0 Å². The molecular formula is C22H32ClNO3. The molecule has 2 rings (SSSR count). The Balaban J connectivity index is 1.73. The monoisotopic (exact) mass is 393 g/mol. The highest BCUT2D eigenvalue weighted by Gasteiger charge is 2.31. The quantitative estimate of drug-likeness (QED) is 0.336.